The molecule has 0 spiro atoms. The number of hydrogen-bond donors (Lipinski definition) is 0. The van der Waals surface area contributed by atoms with Crippen molar-refractivity contribution >= 4 is 11.6 Å². The van der Waals surface area contributed by atoms with Crippen molar-refractivity contribution in [1.82, 2.24) is 0 Å². The van der Waals surface area contributed by atoms with Gasteiger partial charge in [-0.2, -0.15) is 0 Å². The lowest BCUT2D eigenvalue weighted by molar-refractivity contribution is -0.121. The molecule has 0 amide bonds. The number of rotatable bonds is 1. The molecule has 0 unspecified atom stereocenters. The molecule has 0 aliphatic carbocycles. The number of ketones is 2. The van der Waals surface area contributed by atoms with E-state index in [9.17, 15) is 9.59 Å². The summed E-state index contributed by atoms with van der Waals surface area (Å²) in [6.45, 7) is 23.7. The van der Waals surface area contributed by atoms with Crippen molar-refractivity contribution in [3.63, 3.8) is 0 Å². The second-order valence-corrected chi connectivity index (χ2v) is 10.4. The second kappa shape index (κ2) is 8.65. The molecular formula is C22H38O2. The number of carbonyl (C=O) groups is 2. The molecular weight excluding hydrogens is 296 g/mol. The molecule has 24 heavy (non-hydrogen) atoms. The average Bonchev–Trinajstić information content (AvgIpc) is 2.29. The normalized spacial score (nSPS) is 12.8. The molecule has 0 aliphatic rings. The Morgan fingerprint density at radius 3 is 1.38 bits per heavy atom. The number of carbonyl (C=O) groups excluding carboxylic acids is 2. The Balaban J connectivity index is 0. The lowest BCUT2D eigenvalue weighted by Crippen LogP contribution is -2.18. The molecule has 2 heteroatoms. The van der Waals surface area contributed by atoms with Crippen molar-refractivity contribution in [2.24, 2.45) is 21.7 Å². The van der Waals surface area contributed by atoms with Gasteiger partial charge < -0.3 is 0 Å². The minimum Gasteiger partial charge on any atom is -0.294 e. The van der Waals surface area contributed by atoms with Gasteiger partial charge in [0.05, 0.1) is 0 Å². The van der Waals surface area contributed by atoms with Gasteiger partial charge >= 0.3 is 0 Å². The summed E-state index contributed by atoms with van der Waals surface area (Å²) in [7, 11) is 0. The Hall–Kier alpha value is -1.36. The lowest BCUT2D eigenvalue weighted by Gasteiger charge is -2.15. The van der Waals surface area contributed by atoms with Gasteiger partial charge in [0.25, 0.3) is 0 Å². The molecule has 0 heterocycles. The minimum atomic E-state index is -0.335. The highest BCUT2D eigenvalue weighted by molar-refractivity contribution is 5.99. The van der Waals surface area contributed by atoms with Gasteiger partial charge in [0.2, 0.25) is 5.78 Å². The standard InChI is InChI=1S/C11H20O.C11H18O/c2*1-10(2,3)8-7-9(12)11(4,5)6/h7-8H,1-6H3;1-6H3/b8-7+;. The molecule has 0 saturated heterocycles. The van der Waals surface area contributed by atoms with Crippen LogP contribution in [0.3, 0.4) is 0 Å². The van der Waals surface area contributed by atoms with E-state index in [0.717, 1.165) is 0 Å². The van der Waals surface area contributed by atoms with Gasteiger partial charge in [0.15, 0.2) is 5.78 Å². The van der Waals surface area contributed by atoms with Crippen LogP contribution in [0, 0.1) is 33.5 Å². The van der Waals surface area contributed by atoms with E-state index >= 15 is 0 Å². The quantitative estimate of drug-likeness (QED) is 0.342. The van der Waals surface area contributed by atoms with E-state index in [1.165, 1.54) is 0 Å². The Labute approximate surface area is 150 Å². The van der Waals surface area contributed by atoms with Crippen LogP contribution < -0.4 is 0 Å². The summed E-state index contributed by atoms with van der Waals surface area (Å²) in [5.74, 6) is 5.81. The summed E-state index contributed by atoms with van der Waals surface area (Å²) in [4.78, 5) is 22.8. The monoisotopic (exact) mass is 334 g/mol. The van der Waals surface area contributed by atoms with Crippen LogP contribution in [-0.2, 0) is 9.59 Å². The Kier molecular flexibility index (Phi) is 8.97. The van der Waals surface area contributed by atoms with E-state index in [1.54, 1.807) is 6.08 Å². The Bertz CT molecular complexity index is 510. The van der Waals surface area contributed by atoms with Crippen molar-refractivity contribution in [2.45, 2.75) is 83.1 Å². The summed E-state index contributed by atoms with van der Waals surface area (Å²) in [5, 5.41) is 0. The van der Waals surface area contributed by atoms with Crippen LogP contribution in [-0.4, -0.2) is 11.6 Å². The molecule has 138 valence electrons. The summed E-state index contributed by atoms with van der Waals surface area (Å²) < 4.78 is 0. The van der Waals surface area contributed by atoms with Crippen molar-refractivity contribution < 1.29 is 9.59 Å². The number of allylic oxidation sites excluding steroid dienone is 2. The zero-order valence-corrected chi connectivity index (χ0v) is 18.0. The van der Waals surface area contributed by atoms with Crippen LogP contribution in [0.2, 0.25) is 0 Å². The number of hydrogen-bond acceptors (Lipinski definition) is 2. The van der Waals surface area contributed by atoms with Crippen LogP contribution in [0.25, 0.3) is 0 Å². The molecule has 0 aliphatic heterocycles. The molecule has 0 N–H and O–H groups in total. The van der Waals surface area contributed by atoms with E-state index in [0.29, 0.717) is 0 Å². The van der Waals surface area contributed by atoms with Gasteiger partial charge in [-0.15, -0.1) is 0 Å². The van der Waals surface area contributed by atoms with Crippen molar-refractivity contribution in [3.05, 3.63) is 12.2 Å². The molecule has 2 nitrogen and oxygen atoms in total. The maximum absolute atomic E-state index is 11.4. The highest BCUT2D eigenvalue weighted by Crippen LogP contribution is 2.19. The summed E-state index contributed by atoms with van der Waals surface area (Å²) in [6, 6.07) is 0. The third-order valence-corrected chi connectivity index (χ3v) is 2.71. The van der Waals surface area contributed by atoms with E-state index in [2.05, 4.69) is 32.6 Å². The molecule has 0 bridgehead atoms. The van der Waals surface area contributed by atoms with E-state index in [-0.39, 0.29) is 33.2 Å². The molecule has 0 aromatic rings. The maximum atomic E-state index is 11.4. The highest BCUT2D eigenvalue weighted by Gasteiger charge is 2.19. The van der Waals surface area contributed by atoms with Crippen LogP contribution in [0.4, 0.5) is 0 Å². The Morgan fingerprint density at radius 1 is 0.708 bits per heavy atom. The maximum Gasteiger partial charge on any atom is 0.210 e. The van der Waals surface area contributed by atoms with Crippen LogP contribution in [0.1, 0.15) is 83.1 Å². The highest BCUT2D eigenvalue weighted by atomic mass is 16.1. The second-order valence-electron chi connectivity index (χ2n) is 10.4. The summed E-state index contributed by atoms with van der Waals surface area (Å²) in [5.41, 5.74) is -0.568. The van der Waals surface area contributed by atoms with Crippen molar-refractivity contribution in [1.29, 1.82) is 0 Å². The first kappa shape index (κ1) is 24.9. The summed E-state index contributed by atoms with van der Waals surface area (Å²) >= 11 is 0. The molecule has 0 radical (unpaired) electrons. The Morgan fingerprint density at radius 2 is 1.12 bits per heavy atom. The zero-order chi connectivity index (χ0) is 20.0. The SMILES string of the molecule is CC(C)(C)/C=C/C(=O)C(C)(C)C.CC(C)(C)C#CC(=O)C(C)(C)C. The third kappa shape index (κ3) is 15.5. The van der Waals surface area contributed by atoms with Gasteiger partial charge in [0.1, 0.15) is 0 Å². The zero-order valence-electron chi connectivity index (χ0n) is 18.0. The van der Waals surface area contributed by atoms with Crippen LogP contribution >= 0.6 is 0 Å². The molecule has 0 fully saturated rings. The predicted molar refractivity (Wildman–Crippen MR) is 105 cm³/mol. The first-order valence-electron chi connectivity index (χ1n) is 8.57. The largest absolute Gasteiger partial charge is 0.294 e. The summed E-state index contributed by atoms with van der Waals surface area (Å²) in [6.07, 6.45) is 3.65. The van der Waals surface area contributed by atoms with E-state index < -0.39 is 0 Å². The lowest BCUT2D eigenvalue weighted by atomic mass is 9.88. The van der Waals surface area contributed by atoms with E-state index in [4.69, 9.17) is 0 Å². The van der Waals surface area contributed by atoms with Gasteiger partial charge in [-0.1, -0.05) is 74.3 Å². The molecule has 0 rings (SSSR count). The van der Waals surface area contributed by atoms with Gasteiger partial charge in [0, 0.05) is 16.2 Å². The smallest absolute Gasteiger partial charge is 0.210 e. The fourth-order valence-corrected chi connectivity index (χ4v) is 1.01. The van der Waals surface area contributed by atoms with Gasteiger partial charge in [-0.3, -0.25) is 9.59 Å². The van der Waals surface area contributed by atoms with Crippen LogP contribution in [0.15, 0.2) is 12.2 Å². The van der Waals surface area contributed by atoms with Gasteiger partial charge in [-0.25, -0.2) is 0 Å². The predicted octanol–water partition coefficient (Wildman–Crippen LogP) is 5.86. The first-order valence-corrected chi connectivity index (χ1v) is 8.57. The minimum absolute atomic E-state index is 0.0115. The van der Waals surface area contributed by atoms with Crippen molar-refractivity contribution in [2.75, 3.05) is 0 Å². The molecule has 0 aromatic heterocycles. The van der Waals surface area contributed by atoms with Crippen molar-refractivity contribution in [3.8, 4) is 11.8 Å². The molecule has 0 atom stereocenters. The molecule has 0 saturated carbocycles. The topological polar surface area (TPSA) is 34.1 Å². The van der Waals surface area contributed by atoms with Crippen LogP contribution in [0.5, 0.6) is 0 Å². The average molecular weight is 335 g/mol. The van der Waals surface area contributed by atoms with Gasteiger partial charge in [-0.05, 0) is 38.2 Å². The number of Topliss-reactive ketones (excluding diaryl/α,β-unsaturated/α-hetero) is 1. The van der Waals surface area contributed by atoms with E-state index in [1.807, 2.05) is 68.4 Å². The fraction of sp³-hybridized carbons (Fsp3) is 0.727. The third-order valence-electron chi connectivity index (χ3n) is 2.71. The first-order chi connectivity index (χ1) is 10.3. The molecule has 0 aromatic carbocycles. The fourth-order valence-electron chi connectivity index (χ4n) is 1.01.